The summed E-state index contributed by atoms with van der Waals surface area (Å²) >= 11 is 1.84. The van der Waals surface area contributed by atoms with Crippen molar-refractivity contribution in [2.75, 3.05) is 33.7 Å². The van der Waals surface area contributed by atoms with E-state index in [0.717, 1.165) is 19.6 Å². The SMILES string of the molecule is CN1CCCC(CN)(N(C)Cc2cccs2)CC1. The molecule has 1 unspecified atom stereocenters. The van der Waals surface area contributed by atoms with Crippen molar-refractivity contribution in [3.05, 3.63) is 22.4 Å². The third-order valence-corrected chi connectivity index (χ3v) is 5.16. The zero-order valence-electron chi connectivity index (χ0n) is 11.6. The van der Waals surface area contributed by atoms with Gasteiger partial charge in [-0.05, 0) is 57.9 Å². The smallest absolute Gasteiger partial charge is 0.0345 e. The number of likely N-dealkylation sites (N-methyl/N-ethyl adjacent to an activating group) is 1. The average molecular weight is 267 g/mol. The third kappa shape index (κ3) is 3.12. The van der Waals surface area contributed by atoms with Gasteiger partial charge in [0, 0.05) is 23.5 Å². The Morgan fingerprint density at radius 2 is 2.28 bits per heavy atom. The minimum absolute atomic E-state index is 0.189. The maximum Gasteiger partial charge on any atom is 0.0345 e. The van der Waals surface area contributed by atoms with Crippen molar-refractivity contribution in [3.8, 4) is 0 Å². The van der Waals surface area contributed by atoms with Crippen LogP contribution < -0.4 is 5.73 Å². The first kappa shape index (κ1) is 14.0. The molecule has 1 aliphatic rings. The molecule has 0 saturated carbocycles. The Morgan fingerprint density at radius 3 is 2.94 bits per heavy atom. The summed E-state index contributed by atoms with van der Waals surface area (Å²) in [5.74, 6) is 0. The van der Waals surface area contributed by atoms with E-state index >= 15 is 0 Å². The van der Waals surface area contributed by atoms with Gasteiger partial charge in [-0.3, -0.25) is 4.90 Å². The van der Waals surface area contributed by atoms with Crippen LogP contribution >= 0.6 is 11.3 Å². The van der Waals surface area contributed by atoms with E-state index in [2.05, 4.69) is 41.4 Å². The van der Waals surface area contributed by atoms with Crippen LogP contribution in [0.1, 0.15) is 24.1 Å². The molecule has 0 aromatic carbocycles. The largest absolute Gasteiger partial charge is 0.329 e. The Kier molecular flexibility index (Phi) is 4.78. The molecule has 0 spiro atoms. The lowest BCUT2D eigenvalue weighted by Gasteiger charge is -2.40. The minimum atomic E-state index is 0.189. The van der Waals surface area contributed by atoms with Crippen LogP contribution in [-0.2, 0) is 6.54 Å². The van der Waals surface area contributed by atoms with E-state index in [1.165, 1.54) is 30.7 Å². The highest BCUT2D eigenvalue weighted by atomic mass is 32.1. The molecule has 1 aromatic rings. The number of nitrogens with two attached hydrogens (primary N) is 1. The number of rotatable bonds is 4. The van der Waals surface area contributed by atoms with Crippen LogP contribution in [-0.4, -0.2) is 49.1 Å². The second kappa shape index (κ2) is 6.15. The summed E-state index contributed by atoms with van der Waals surface area (Å²) in [4.78, 5) is 6.34. The zero-order chi connectivity index (χ0) is 13.0. The molecule has 1 atom stereocenters. The molecule has 2 heterocycles. The standard InChI is InChI=1S/C14H25N3S/c1-16-8-4-6-14(12-15,7-9-16)17(2)11-13-5-3-10-18-13/h3,5,10H,4,6-9,11-12,15H2,1-2H3. The molecule has 0 radical (unpaired) electrons. The van der Waals surface area contributed by atoms with E-state index < -0.39 is 0 Å². The van der Waals surface area contributed by atoms with E-state index in [4.69, 9.17) is 5.73 Å². The van der Waals surface area contributed by atoms with Crippen LogP contribution in [0, 0.1) is 0 Å². The lowest BCUT2D eigenvalue weighted by atomic mass is 9.89. The summed E-state index contributed by atoms with van der Waals surface area (Å²) < 4.78 is 0. The highest BCUT2D eigenvalue weighted by molar-refractivity contribution is 7.09. The van der Waals surface area contributed by atoms with Crippen LogP contribution in [0.5, 0.6) is 0 Å². The average Bonchev–Trinajstić information content (AvgIpc) is 2.78. The maximum absolute atomic E-state index is 6.13. The highest BCUT2D eigenvalue weighted by Crippen LogP contribution is 2.28. The number of hydrogen-bond donors (Lipinski definition) is 1. The van der Waals surface area contributed by atoms with E-state index in [1.807, 2.05) is 11.3 Å². The number of thiophene rings is 1. The van der Waals surface area contributed by atoms with E-state index in [-0.39, 0.29) is 5.54 Å². The van der Waals surface area contributed by atoms with Crippen molar-refractivity contribution in [1.29, 1.82) is 0 Å². The van der Waals surface area contributed by atoms with Gasteiger partial charge in [0.15, 0.2) is 0 Å². The molecule has 1 aliphatic heterocycles. The summed E-state index contributed by atoms with van der Waals surface area (Å²) in [6.07, 6.45) is 3.65. The highest BCUT2D eigenvalue weighted by Gasteiger charge is 2.34. The summed E-state index contributed by atoms with van der Waals surface area (Å²) in [6, 6.07) is 4.35. The van der Waals surface area contributed by atoms with Crippen LogP contribution in [0.3, 0.4) is 0 Å². The Bertz CT molecular complexity index is 352. The molecule has 1 fully saturated rings. The van der Waals surface area contributed by atoms with Gasteiger partial charge < -0.3 is 10.6 Å². The lowest BCUT2D eigenvalue weighted by Crippen LogP contribution is -2.52. The Hall–Kier alpha value is -0.420. The molecule has 2 N–H and O–H groups in total. The van der Waals surface area contributed by atoms with E-state index in [1.54, 1.807) is 0 Å². The molecule has 102 valence electrons. The second-order valence-corrected chi connectivity index (χ2v) is 6.55. The fourth-order valence-corrected chi connectivity index (χ4v) is 3.62. The van der Waals surface area contributed by atoms with Gasteiger partial charge in [-0.15, -0.1) is 11.3 Å². The molecule has 0 amide bonds. The second-order valence-electron chi connectivity index (χ2n) is 5.52. The fraction of sp³-hybridized carbons (Fsp3) is 0.714. The molecule has 2 rings (SSSR count). The summed E-state index contributed by atoms with van der Waals surface area (Å²) in [7, 11) is 4.45. The molecule has 4 heteroatoms. The van der Waals surface area contributed by atoms with Crippen molar-refractivity contribution in [2.24, 2.45) is 5.73 Å². The first-order chi connectivity index (χ1) is 8.66. The van der Waals surface area contributed by atoms with Crippen molar-refractivity contribution in [2.45, 2.75) is 31.3 Å². The Labute approximate surface area is 115 Å². The van der Waals surface area contributed by atoms with Crippen molar-refractivity contribution < 1.29 is 0 Å². The maximum atomic E-state index is 6.13. The van der Waals surface area contributed by atoms with Crippen molar-refractivity contribution in [1.82, 2.24) is 9.80 Å². The minimum Gasteiger partial charge on any atom is -0.329 e. The number of nitrogens with zero attached hydrogens (tertiary/aromatic N) is 2. The van der Waals surface area contributed by atoms with Gasteiger partial charge in [-0.25, -0.2) is 0 Å². The normalized spacial score (nSPS) is 26.4. The van der Waals surface area contributed by atoms with Crippen molar-refractivity contribution in [3.63, 3.8) is 0 Å². The lowest BCUT2D eigenvalue weighted by molar-refractivity contribution is 0.101. The van der Waals surface area contributed by atoms with Crippen LogP contribution in [0.25, 0.3) is 0 Å². The first-order valence-electron chi connectivity index (χ1n) is 6.78. The van der Waals surface area contributed by atoms with Gasteiger partial charge in [0.05, 0.1) is 0 Å². The molecular weight excluding hydrogens is 242 g/mol. The Morgan fingerprint density at radius 1 is 1.44 bits per heavy atom. The first-order valence-corrected chi connectivity index (χ1v) is 7.66. The molecule has 0 aliphatic carbocycles. The zero-order valence-corrected chi connectivity index (χ0v) is 12.4. The summed E-state index contributed by atoms with van der Waals surface area (Å²) in [5, 5.41) is 2.15. The molecule has 18 heavy (non-hydrogen) atoms. The monoisotopic (exact) mass is 267 g/mol. The molecule has 1 saturated heterocycles. The van der Waals surface area contributed by atoms with Gasteiger partial charge in [-0.2, -0.15) is 0 Å². The third-order valence-electron chi connectivity index (χ3n) is 4.30. The van der Waals surface area contributed by atoms with Gasteiger partial charge >= 0.3 is 0 Å². The summed E-state index contributed by atoms with van der Waals surface area (Å²) in [5.41, 5.74) is 6.32. The number of likely N-dealkylation sites (tertiary alicyclic amines) is 1. The fourth-order valence-electron chi connectivity index (χ4n) is 2.86. The number of hydrogen-bond acceptors (Lipinski definition) is 4. The topological polar surface area (TPSA) is 32.5 Å². The predicted molar refractivity (Wildman–Crippen MR) is 78.9 cm³/mol. The Balaban J connectivity index is 2.05. The molecule has 3 nitrogen and oxygen atoms in total. The van der Waals surface area contributed by atoms with Crippen LogP contribution in [0.2, 0.25) is 0 Å². The molecule has 0 bridgehead atoms. The quantitative estimate of drug-likeness (QED) is 0.905. The van der Waals surface area contributed by atoms with Gasteiger partial charge in [0.25, 0.3) is 0 Å². The van der Waals surface area contributed by atoms with E-state index in [9.17, 15) is 0 Å². The van der Waals surface area contributed by atoms with Gasteiger partial charge in [-0.1, -0.05) is 6.07 Å². The molecule has 1 aromatic heterocycles. The van der Waals surface area contributed by atoms with Gasteiger partial charge in [0.1, 0.15) is 0 Å². The van der Waals surface area contributed by atoms with Crippen LogP contribution in [0.4, 0.5) is 0 Å². The predicted octanol–water partition coefficient (Wildman–Crippen LogP) is 1.99. The summed E-state index contributed by atoms with van der Waals surface area (Å²) in [6.45, 7) is 4.15. The molecular formula is C14H25N3S. The van der Waals surface area contributed by atoms with Crippen LogP contribution in [0.15, 0.2) is 17.5 Å². The van der Waals surface area contributed by atoms with Crippen molar-refractivity contribution >= 4 is 11.3 Å². The van der Waals surface area contributed by atoms with Gasteiger partial charge in [0.2, 0.25) is 0 Å². The van der Waals surface area contributed by atoms with E-state index in [0.29, 0.717) is 0 Å².